The smallest absolute Gasteiger partial charge is 0.315 e. The minimum absolute atomic E-state index is 0.116. The van der Waals surface area contributed by atoms with E-state index in [9.17, 15) is 4.79 Å². The van der Waals surface area contributed by atoms with E-state index in [4.69, 9.17) is 5.73 Å². The van der Waals surface area contributed by atoms with Crippen molar-refractivity contribution >= 4 is 17.8 Å². The zero-order chi connectivity index (χ0) is 22.5. The van der Waals surface area contributed by atoms with Gasteiger partial charge in [-0.2, -0.15) is 5.10 Å². The summed E-state index contributed by atoms with van der Waals surface area (Å²) in [5.41, 5.74) is 9.91. The highest BCUT2D eigenvalue weighted by atomic mass is 16.2. The molecule has 0 aliphatic heterocycles. The first-order valence-corrected chi connectivity index (χ1v) is 11.0. The Morgan fingerprint density at radius 2 is 1.91 bits per heavy atom. The molecule has 0 spiro atoms. The van der Waals surface area contributed by atoms with Crippen molar-refractivity contribution < 1.29 is 4.79 Å². The van der Waals surface area contributed by atoms with E-state index >= 15 is 0 Å². The van der Waals surface area contributed by atoms with Crippen LogP contribution in [0.1, 0.15) is 36.8 Å². The molecule has 5 N–H and O–H groups in total. The molecule has 1 saturated carbocycles. The van der Waals surface area contributed by atoms with Crippen LogP contribution >= 0.6 is 0 Å². The average molecular weight is 435 g/mol. The maximum absolute atomic E-state index is 12.3. The summed E-state index contributed by atoms with van der Waals surface area (Å²) < 4.78 is 1.62. The van der Waals surface area contributed by atoms with Crippen LogP contribution in [0.25, 0.3) is 11.3 Å². The van der Waals surface area contributed by atoms with Crippen molar-refractivity contribution in [2.24, 2.45) is 7.05 Å². The number of nitrogens with zero attached hydrogens (tertiary/aromatic N) is 4. The minimum Gasteiger partial charge on any atom is -0.383 e. The summed E-state index contributed by atoms with van der Waals surface area (Å²) in [6.07, 6.45) is 7.12. The van der Waals surface area contributed by atoms with Gasteiger partial charge in [0.25, 0.3) is 0 Å². The van der Waals surface area contributed by atoms with Gasteiger partial charge in [0.05, 0.1) is 17.5 Å². The zero-order valence-electron chi connectivity index (χ0n) is 18.5. The number of aryl methyl sites for hydroxylation is 2. The summed E-state index contributed by atoms with van der Waals surface area (Å²) in [7, 11) is 1.80. The number of nitrogen functional groups attached to an aromatic ring is 1. The number of hydrogen-bond acceptors (Lipinski definition) is 6. The Hall–Kier alpha value is -3.62. The molecule has 0 radical (unpaired) electrons. The van der Waals surface area contributed by atoms with E-state index in [1.54, 1.807) is 24.1 Å². The largest absolute Gasteiger partial charge is 0.383 e. The summed E-state index contributed by atoms with van der Waals surface area (Å²) in [5.74, 6) is 1.15. The van der Waals surface area contributed by atoms with Gasteiger partial charge in [-0.25, -0.2) is 14.8 Å². The van der Waals surface area contributed by atoms with Crippen molar-refractivity contribution in [3.8, 4) is 11.3 Å². The fourth-order valence-corrected chi connectivity index (χ4v) is 4.01. The third kappa shape index (κ3) is 5.16. The maximum atomic E-state index is 12.3. The van der Waals surface area contributed by atoms with Crippen LogP contribution in [0.3, 0.4) is 0 Å². The number of urea groups is 1. The Morgan fingerprint density at radius 1 is 1.16 bits per heavy atom. The van der Waals surface area contributed by atoms with Crippen LogP contribution in [-0.4, -0.2) is 37.9 Å². The number of nitrogens with two attached hydrogens (primary N) is 1. The van der Waals surface area contributed by atoms with Crippen LogP contribution in [0, 0.1) is 6.92 Å². The summed E-state index contributed by atoms with van der Waals surface area (Å²) in [6.45, 7) is 2.58. The molecule has 32 heavy (non-hydrogen) atoms. The number of anilines is 2. The second kappa shape index (κ2) is 9.67. The molecule has 4 rings (SSSR count). The number of carbonyl (C=O) groups is 1. The van der Waals surface area contributed by atoms with Gasteiger partial charge in [0.1, 0.15) is 5.82 Å². The highest BCUT2D eigenvalue weighted by Gasteiger charge is 2.23. The van der Waals surface area contributed by atoms with Crippen LogP contribution in [0.5, 0.6) is 0 Å². The van der Waals surface area contributed by atoms with Crippen molar-refractivity contribution in [1.29, 1.82) is 0 Å². The van der Waals surface area contributed by atoms with E-state index in [1.807, 2.05) is 37.3 Å². The number of rotatable bonds is 6. The minimum atomic E-state index is -0.116. The number of hydrogen-bond donors (Lipinski definition) is 4. The van der Waals surface area contributed by atoms with Crippen LogP contribution in [0.2, 0.25) is 0 Å². The second-order valence-corrected chi connectivity index (χ2v) is 8.28. The number of benzene rings is 1. The first kappa shape index (κ1) is 21.6. The number of aromatic nitrogens is 4. The molecule has 1 aliphatic carbocycles. The molecular weight excluding hydrogens is 404 g/mol. The topological polar surface area (TPSA) is 123 Å². The Kier molecular flexibility index (Phi) is 6.53. The second-order valence-electron chi connectivity index (χ2n) is 8.28. The molecule has 1 aliphatic rings. The van der Waals surface area contributed by atoms with E-state index in [0.717, 1.165) is 42.5 Å². The van der Waals surface area contributed by atoms with E-state index in [0.29, 0.717) is 18.3 Å². The third-order valence-electron chi connectivity index (χ3n) is 6.01. The van der Waals surface area contributed by atoms with Crippen molar-refractivity contribution in [2.45, 2.75) is 51.2 Å². The first-order valence-electron chi connectivity index (χ1n) is 11.0. The van der Waals surface area contributed by atoms with Crippen LogP contribution in [0.15, 0.2) is 42.7 Å². The zero-order valence-corrected chi connectivity index (χ0v) is 18.5. The molecule has 9 heteroatoms. The van der Waals surface area contributed by atoms with Gasteiger partial charge in [0, 0.05) is 31.9 Å². The molecule has 1 aromatic carbocycles. The molecule has 2 aromatic heterocycles. The van der Waals surface area contributed by atoms with Crippen molar-refractivity contribution in [2.75, 3.05) is 11.1 Å². The van der Waals surface area contributed by atoms with Crippen LogP contribution in [0.4, 0.5) is 16.6 Å². The standard InChI is InChI=1S/C23H30N8O/c1-15-5-3-4-6-16(15)13-26-23(32)29-18-9-7-17(8-10-18)28-22-25-12-11-20(30-22)19-14-27-31(2)21(19)24/h3-6,11-12,14,17-18H,7-10,13,24H2,1-2H3,(H,25,28,30)(H2,26,29,32). The van der Waals surface area contributed by atoms with E-state index in [-0.39, 0.29) is 18.1 Å². The highest BCUT2D eigenvalue weighted by molar-refractivity contribution is 5.74. The van der Waals surface area contributed by atoms with Crippen molar-refractivity contribution in [1.82, 2.24) is 30.4 Å². The average Bonchev–Trinajstić information content (AvgIpc) is 3.13. The molecule has 168 valence electrons. The summed E-state index contributed by atoms with van der Waals surface area (Å²) in [5, 5.41) is 13.7. The molecule has 0 atom stereocenters. The van der Waals surface area contributed by atoms with Gasteiger partial charge in [0.2, 0.25) is 5.95 Å². The number of amides is 2. The lowest BCUT2D eigenvalue weighted by Gasteiger charge is -2.29. The molecule has 3 aromatic rings. The van der Waals surface area contributed by atoms with Gasteiger partial charge in [-0.15, -0.1) is 0 Å². The monoisotopic (exact) mass is 434 g/mol. The Labute approximate surface area is 187 Å². The molecular formula is C23H30N8O. The quantitative estimate of drug-likeness (QED) is 0.473. The van der Waals surface area contributed by atoms with E-state index < -0.39 is 0 Å². The van der Waals surface area contributed by atoms with Crippen LogP contribution in [-0.2, 0) is 13.6 Å². The molecule has 2 amide bonds. The van der Waals surface area contributed by atoms with Crippen molar-refractivity contribution in [3.05, 3.63) is 53.9 Å². The SMILES string of the molecule is Cc1ccccc1CNC(=O)NC1CCC(Nc2nccc(-c3cnn(C)c3N)n2)CC1. The lowest BCUT2D eigenvalue weighted by atomic mass is 9.91. The predicted octanol–water partition coefficient (Wildman–Crippen LogP) is 2.99. The molecule has 9 nitrogen and oxygen atoms in total. The first-order chi connectivity index (χ1) is 15.5. The Bertz CT molecular complexity index is 1070. The Balaban J connectivity index is 1.24. The van der Waals surface area contributed by atoms with Gasteiger partial charge < -0.3 is 21.7 Å². The fraction of sp³-hybridized carbons (Fsp3) is 0.391. The molecule has 0 bridgehead atoms. The summed E-state index contributed by atoms with van der Waals surface area (Å²) >= 11 is 0. The highest BCUT2D eigenvalue weighted by Crippen LogP contribution is 2.25. The summed E-state index contributed by atoms with van der Waals surface area (Å²) in [6, 6.07) is 10.2. The van der Waals surface area contributed by atoms with Gasteiger partial charge in [-0.1, -0.05) is 24.3 Å². The van der Waals surface area contributed by atoms with E-state index in [2.05, 4.69) is 31.0 Å². The molecule has 0 unspecified atom stereocenters. The van der Waals surface area contributed by atoms with E-state index in [1.165, 1.54) is 5.56 Å². The van der Waals surface area contributed by atoms with Gasteiger partial charge >= 0.3 is 6.03 Å². The number of carbonyl (C=O) groups excluding carboxylic acids is 1. The van der Waals surface area contributed by atoms with Gasteiger partial charge in [0.15, 0.2) is 0 Å². The fourth-order valence-electron chi connectivity index (χ4n) is 4.01. The lowest BCUT2D eigenvalue weighted by Crippen LogP contribution is -2.44. The third-order valence-corrected chi connectivity index (χ3v) is 6.01. The van der Waals surface area contributed by atoms with Crippen molar-refractivity contribution in [3.63, 3.8) is 0 Å². The lowest BCUT2D eigenvalue weighted by molar-refractivity contribution is 0.231. The predicted molar refractivity (Wildman–Crippen MR) is 125 cm³/mol. The maximum Gasteiger partial charge on any atom is 0.315 e. The number of nitrogens with one attached hydrogen (secondary N) is 3. The van der Waals surface area contributed by atoms with Gasteiger partial charge in [-0.3, -0.25) is 4.68 Å². The molecule has 1 fully saturated rings. The molecule has 2 heterocycles. The Morgan fingerprint density at radius 3 is 2.62 bits per heavy atom. The normalized spacial score (nSPS) is 18.2. The van der Waals surface area contributed by atoms with Crippen LogP contribution < -0.4 is 21.7 Å². The summed E-state index contributed by atoms with van der Waals surface area (Å²) in [4.78, 5) is 21.3. The molecule has 0 saturated heterocycles. The van der Waals surface area contributed by atoms with Gasteiger partial charge in [-0.05, 0) is 49.8 Å².